The van der Waals surface area contributed by atoms with Crippen LogP contribution in [0.1, 0.15) is 18.4 Å². The highest BCUT2D eigenvalue weighted by molar-refractivity contribution is 9.10. The van der Waals surface area contributed by atoms with E-state index in [1.54, 1.807) is 0 Å². The van der Waals surface area contributed by atoms with Crippen LogP contribution in [0.3, 0.4) is 0 Å². The lowest BCUT2D eigenvalue weighted by atomic mass is 10.2. The predicted molar refractivity (Wildman–Crippen MR) is 70.7 cm³/mol. The SMILES string of the molecule is CNCCCC(=O)Nc1cc(C)ccc1Br. The van der Waals surface area contributed by atoms with E-state index in [4.69, 9.17) is 0 Å². The van der Waals surface area contributed by atoms with Gasteiger partial charge in [0.1, 0.15) is 0 Å². The fourth-order valence-corrected chi connectivity index (χ4v) is 1.72. The Labute approximate surface area is 105 Å². The van der Waals surface area contributed by atoms with Crippen molar-refractivity contribution in [2.75, 3.05) is 18.9 Å². The molecule has 0 saturated carbocycles. The van der Waals surface area contributed by atoms with E-state index in [0.29, 0.717) is 6.42 Å². The number of carbonyl (C=O) groups is 1. The molecule has 1 aromatic carbocycles. The lowest BCUT2D eigenvalue weighted by molar-refractivity contribution is -0.116. The van der Waals surface area contributed by atoms with Gasteiger partial charge >= 0.3 is 0 Å². The van der Waals surface area contributed by atoms with Gasteiger partial charge in [0.25, 0.3) is 0 Å². The number of rotatable bonds is 5. The molecule has 0 atom stereocenters. The van der Waals surface area contributed by atoms with Gasteiger partial charge in [0.15, 0.2) is 0 Å². The third-order valence-electron chi connectivity index (χ3n) is 2.23. The van der Waals surface area contributed by atoms with Crippen molar-refractivity contribution < 1.29 is 4.79 Å². The fourth-order valence-electron chi connectivity index (χ4n) is 1.37. The van der Waals surface area contributed by atoms with Crippen LogP contribution >= 0.6 is 15.9 Å². The van der Waals surface area contributed by atoms with E-state index in [9.17, 15) is 4.79 Å². The minimum atomic E-state index is 0.0570. The van der Waals surface area contributed by atoms with Crippen LogP contribution in [0.5, 0.6) is 0 Å². The van der Waals surface area contributed by atoms with Crippen molar-refractivity contribution >= 4 is 27.5 Å². The van der Waals surface area contributed by atoms with Crippen LogP contribution in [0.2, 0.25) is 0 Å². The number of nitrogens with one attached hydrogen (secondary N) is 2. The Morgan fingerprint density at radius 1 is 1.44 bits per heavy atom. The summed E-state index contributed by atoms with van der Waals surface area (Å²) in [5.74, 6) is 0.0570. The van der Waals surface area contributed by atoms with E-state index in [2.05, 4.69) is 26.6 Å². The number of amides is 1. The molecule has 0 aliphatic carbocycles. The van der Waals surface area contributed by atoms with Crippen LogP contribution < -0.4 is 10.6 Å². The summed E-state index contributed by atoms with van der Waals surface area (Å²) in [5.41, 5.74) is 1.98. The topological polar surface area (TPSA) is 41.1 Å². The average Bonchev–Trinajstić information content (AvgIpc) is 2.24. The summed E-state index contributed by atoms with van der Waals surface area (Å²) in [7, 11) is 1.88. The normalized spacial score (nSPS) is 10.2. The Morgan fingerprint density at radius 3 is 2.88 bits per heavy atom. The van der Waals surface area contributed by atoms with Gasteiger partial charge in [0.05, 0.1) is 5.69 Å². The highest BCUT2D eigenvalue weighted by Crippen LogP contribution is 2.23. The van der Waals surface area contributed by atoms with Gasteiger partial charge in [-0.3, -0.25) is 4.79 Å². The minimum absolute atomic E-state index is 0.0570. The molecular formula is C12H17BrN2O. The number of benzene rings is 1. The van der Waals surface area contributed by atoms with Crippen LogP contribution in [0.25, 0.3) is 0 Å². The van der Waals surface area contributed by atoms with Crippen molar-refractivity contribution in [3.63, 3.8) is 0 Å². The molecule has 0 spiro atoms. The molecule has 0 aliphatic rings. The number of hydrogen-bond donors (Lipinski definition) is 2. The zero-order chi connectivity index (χ0) is 12.0. The van der Waals surface area contributed by atoms with E-state index in [1.165, 1.54) is 0 Å². The van der Waals surface area contributed by atoms with Crippen molar-refractivity contribution in [1.29, 1.82) is 0 Å². The third-order valence-corrected chi connectivity index (χ3v) is 2.92. The summed E-state index contributed by atoms with van der Waals surface area (Å²) >= 11 is 3.41. The fraction of sp³-hybridized carbons (Fsp3) is 0.417. The Hall–Kier alpha value is -0.870. The van der Waals surface area contributed by atoms with E-state index < -0.39 is 0 Å². The number of halogens is 1. The van der Waals surface area contributed by atoms with Gasteiger partial charge in [-0.25, -0.2) is 0 Å². The Balaban J connectivity index is 2.52. The smallest absolute Gasteiger partial charge is 0.224 e. The summed E-state index contributed by atoms with van der Waals surface area (Å²) in [5, 5.41) is 5.91. The molecule has 1 aromatic rings. The van der Waals surface area contributed by atoms with E-state index in [1.807, 2.05) is 32.2 Å². The van der Waals surface area contributed by atoms with E-state index in [0.717, 1.165) is 28.7 Å². The second-order valence-corrected chi connectivity index (χ2v) is 4.59. The predicted octanol–water partition coefficient (Wildman–Crippen LogP) is 2.70. The largest absolute Gasteiger partial charge is 0.325 e. The second kappa shape index (κ2) is 6.66. The first-order valence-electron chi connectivity index (χ1n) is 5.34. The molecule has 0 bridgehead atoms. The first-order valence-corrected chi connectivity index (χ1v) is 6.13. The molecule has 0 aliphatic heterocycles. The first-order chi connectivity index (χ1) is 7.63. The first kappa shape index (κ1) is 13.2. The van der Waals surface area contributed by atoms with Gasteiger partial charge < -0.3 is 10.6 Å². The molecule has 88 valence electrons. The molecule has 1 amide bonds. The lowest BCUT2D eigenvalue weighted by Crippen LogP contribution is -2.15. The quantitative estimate of drug-likeness (QED) is 0.817. The molecule has 0 fully saturated rings. The lowest BCUT2D eigenvalue weighted by Gasteiger charge is -2.08. The molecule has 16 heavy (non-hydrogen) atoms. The summed E-state index contributed by atoms with van der Waals surface area (Å²) in [4.78, 5) is 11.6. The van der Waals surface area contributed by atoms with Crippen molar-refractivity contribution in [3.8, 4) is 0 Å². The molecule has 0 heterocycles. The summed E-state index contributed by atoms with van der Waals surface area (Å²) < 4.78 is 0.917. The standard InChI is InChI=1S/C12H17BrN2O/c1-9-5-6-10(13)11(8-9)15-12(16)4-3-7-14-2/h5-6,8,14H,3-4,7H2,1-2H3,(H,15,16). The maximum absolute atomic E-state index is 11.6. The van der Waals surface area contributed by atoms with Crippen molar-refractivity contribution in [1.82, 2.24) is 5.32 Å². The molecular weight excluding hydrogens is 268 g/mol. The van der Waals surface area contributed by atoms with Crippen LogP contribution in [0, 0.1) is 6.92 Å². The van der Waals surface area contributed by atoms with Gasteiger partial charge in [-0.2, -0.15) is 0 Å². The Kier molecular flexibility index (Phi) is 5.49. The zero-order valence-electron chi connectivity index (χ0n) is 9.64. The number of carbonyl (C=O) groups excluding carboxylic acids is 1. The van der Waals surface area contributed by atoms with Crippen LogP contribution in [-0.2, 0) is 4.79 Å². The van der Waals surface area contributed by atoms with Crippen molar-refractivity contribution in [3.05, 3.63) is 28.2 Å². The van der Waals surface area contributed by atoms with Crippen molar-refractivity contribution in [2.24, 2.45) is 0 Å². The van der Waals surface area contributed by atoms with Crippen LogP contribution in [-0.4, -0.2) is 19.5 Å². The monoisotopic (exact) mass is 284 g/mol. The van der Waals surface area contributed by atoms with Gasteiger partial charge in [-0.05, 0) is 60.6 Å². The summed E-state index contributed by atoms with van der Waals surface area (Å²) in [6, 6.07) is 5.90. The summed E-state index contributed by atoms with van der Waals surface area (Å²) in [6.07, 6.45) is 1.40. The summed E-state index contributed by atoms with van der Waals surface area (Å²) in [6.45, 7) is 2.87. The molecule has 4 heteroatoms. The molecule has 1 rings (SSSR count). The van der Waals surface area contributed by atoms with E-state index in [-0.39, 0.29) is 5.91 Å². The molecule has 0 radical (unpaired) electrons. The van der Waals surface area contributed by atoms with Crippen LogP contribution in [0.15, 0.2) is 22.7 Å². The Morgan fingerprint density at radius 2 is 2.19 bits per heavy atom. The van der Waals surface area contributed by atoms with Crippen molar-refractivity contribution in [2.45, 2.75) is 19.8 Å². The average molecular weight is 285 g/mol. The molecule has 2 N–H and O–H groups in total. The Bertz CT molecular complexity index is 366. The van der Waals surface area contributed by atoms with E-state index >= 15 is 0 Å². The maximum atomic E-state index is 11.6. The molecule has 0 aromatic heterocycles. The number of anilines is 1. The van der Waals surface area contributed by atoms with Gasteiger partial charge in [-0.15, -0.1) is 0 Å². The zero-order valence-corrected chi connectivity index (χ0v) is 11.2. The molecule has 0 saturated heterocycles. The van der Waals surface area contributed by atoms with Gasteiger partial charge in [0.2, 0.25) is 5.91 Å². The van der Waals surface area contributed by atoms with Crippen LogP contribution in [0.4, 0.5) is 5.69 Å². The molecule has 0 unspecified atom stereocenters. The highest BCUT2D eigenvalue weighted by Gasteiger charge is 2.05. The minimum Gasteiger partial charge on any atom is -0.325 e. The third kappa shape index (κ3) is 4.33. The number of hydrogen-bond acceptors (Lipinski definition) is 2. The second-order valence-electron chi connectivity index (χ2n) is 3.74. The maximum Gasteiger partial charge on any atom is 0.224 e. The van der Waals surface area contributed by atoms with Gasteiger partial charge in [-0.1, -0.05) is 6.07 Å². The van der Waals surface area contributed by atoms with Gasteiger partial charge in [0, 0.05) is 10.9 Å². The molecule has 3 nitrogen and oxygen atoms in total. The number of aryl methyl sites for hydroxylation is 1. The highest BCUT2D eigenvalue weighted by atomic mass is 79.9.